The zero-order valence-electron chi connectivity index (χ0n) is 21.5. The topological polar surface area (TPSA) is 101 Å². The molecule has 1 aromatic rings. The minimum atomic E-state index is -0.480. The van der Waals surface area contributed by atoms with Gasteiger partial charge in [0.15, 0.2) is 0 Å². The maximum absolute atomic E-state index is 13.6. The molecule has 36 heavy (non-hydrogen) atoms. The Kier molecular flexibility index (Phi) is 12.1. The van der Waals surface area contributed by atoms with E-state index in [2.05, 4.69) is 16.0 Å². The normalized spacial score (nSPS) is 23.1. The fraction of sp³-hybridized carbons (Fsp3) is 0.692. The van der Waals surface area contributed by atoms with Crippen molar-refractivity contribution in [2.45, 2.75) is 44.2 Å². The molecule has 9 nitrogen and oxygen atoms in total. The first kappa shape index (κ1) is 28.5. The summed E-state index contributed by atoms with van der Waals surface area (Å²) in [5, 5.41) is 9.58. The number of piperidine rings is 1. The molecule has 4 atom stereocenters. The monoisotopic (exact) mass is 524 g/mol. The van der Waals surface area contributed by atoms with Crippen LogP contribution in [0.2, 0.25) is 5.02 Å². The number of amides is 3. The molecule has 1 aromatic carbocycles. The molecule has 3 N–H and O–H groups in total. The van der Waals surface area contributed by atoms with Gasteiger partial charge in [-0.15, -0.1) is 0 Å². The molecular formula is C26H41ClN4O5. The van der Waals surface area contributed by atoms with Crippen molar-refractivity contribution in [1.29, 1.82) is 0 Å². The van der Waals surface area contributed by atoms with Gasteiger partial charge in [0.05, 0.1) is 19.3 Å². The summed E-state index contributed by atoms with van der Waals surface area (Å²) in [6.45, 7) is 3.89. The zero-order valence-corrected chi connectivity index (χ0v) is 22.2. The second kappa shape index (κ2) is 15.2. The van der Waals surface area contributed by atoms with Gasteiger partial charge in [-0.2, -0.15) is 0 Å². The summed E-state index contributed by atoms with van der Waals surface area (Å²) < 4.78 is 16.5. The van der Waals surface area contributed by atoms with E-state index in [4.69, 9.17) is 25.8 Å². The number of ether oxygens (including phenoxy) is 3. The number of likely N-dealkylation sites (tertiary alicyclic amines) is 1. The highest BCUT2D eigenvalue weighted by Crippen LogP contribution is 2.37. The summed E-state index contributed by atoms with van der Waals surface area (Å²) in [6.07, 6.45) is 4.43. The Morgan fingerprint density at radius 1 is 1.22 bits per heavy atom. The van der Waals surface area contributed by atoms with Gasteiger partial charge in [0, 0.05) is 50.3 Å². The third-order valence-corrected chi connectivity index (χ3v) is 7.09. The van der Waals surface area contributed by atoms with Crippen LogP contribution in [-0.4, -0.2) is 83.3 Å². The van der Waals surface area contributed by atoms with Crippen molar-refractivity contribution in [2.75, 3.05) is 60.2 Å². The maximum Gasteiger partial charge on any atom is 0.406 e. The molecule has 3 amide bonds. The van der Waals surface area contributed by atoms with Crippen molar-refractivity contribution >= 4 is 23.7 Å². The van der Waals surface area contributed by atoms with Crippen LogP contribution in [0.1, 0.15) is 43.7 Å². The van der Waals surface area contributed by atoms with E-state index in [-0.39, 0.29) is 30.6 Å². The van der Waals surface area contributed by atoms with E-state index in [0.717, 1.165) is 50.9 Å². The Hall–Kier alpha value is -2.07. The van der Waals surface area contributed by atoms with Gasteiger partial charge in [-0.25, -0.2) is 9.59 Å². The number of alkyl carbamates (subject to hydrolysis) is 1. The van der Waals surface area contributed by atoms with Crippen LogP contribution in [0.4, 0.5) is 9.59 Å². The van der Waals surface area contributed by atoms with E-state index in [9.17, 15) is 9.59 Å². The van der Waals surface area contributed by atoms with Gasteiger partial charge in [-0.3, -0.25) is 0 Å². The lowest BCUT2D eigenvalue weighted by molar-refractivity contribution is 0.0164. The summed E-state index contributed by atoms with van der Waals surface area (Å²) in [5.74, 6) is 0.554. The van der Waals surface area contributed by atoms with Crippen molar-refractivity contribution in [3.63, 3.8) is 0 Å². The molecule has 0 bridgehead atoms. The van der Waals surface area contributed by atoms with Gasteiger partial charge in [-0.1, -0.05) is 23.7 Å². The second-order valence-corrected chi connectivity index (χ2v) is 10.0. The summed E-state index contributed by atoms with van der Waals surface area (Å²) in [7, 11) is 3.43. The molecule has 2 fully saturated rings. The molecule has 0 aromatic heterocycles. The largest absolute Gasteiger partial charge is 0.447 e. The van der Waals surface area contributed by atoms with Crippen LogP contribution >= 0.6 is 11.6 Å². The molecule has 2 saturated heterocycles. The van der Waals surface area contributed by atoms with E-state index in [0.29, 0.717) is 37.2 Å². The van der Waals surface area contributed by atoms with Gasteiger partial charge in [0.1, 0.15) is 6.61 Å². The van der Waals surface area contributed by atoms with Gasteiger partial charge in [-0.05, 0) is 62.8 Å². The lowest BCUT2D eigenvalue weighted by Gasteiger charge is -2.42. The number of nitrogens with zero attached hydrogens (tertiary/aromatic N) is 1. The quantitative estimate of drug-likeness (QED) is 0.382. The first-order valence-corrected chi connectivity index (χ1v) is 13.4. The number of hydrogen-bond acceptors (Lipinski definition) is 6. The summed E-state index contributed by atoms with van der Waals surface area (Å²) >= 11 is 6.34. The lowest BCUT2D eigenvalue weighted by atomic mass is 9.85. The van der Waals surface area contributed by atoms with Crippen LogP contribution in [-0.2, 0) is 14.2 Å². The predicted octanol–water partition coefficient (Wildman–Crippen LogP) is 3.58. The highest BCUT2D eigenvalue weighted by atomic mass is 35.5. The number of urea groups is 1. The van der Waals surface area contributed by atoms with Crippen molar-refractivity contribution in [1.82, 2.24) is 20.9 Å². The molecular weight excluding hydrogens is 484 g/mol. The van der Waals surface area contributed by atoms with Crippen LogP contribution in [0.15, 0.2) is 24.3 Å². The molecule has 0 saturated carbocycles. The molecule has 2 aliphatic heterocycles. The van der Waals surface area contributed by atoms with E-state index in [1.165, 1.54) is 7.05 Å². The number of carbonyl (C=O) groups excluding carboxylic acids is 2. The fourth-order valence-electron chi connectivity index (χ4n) is 5.21. The Balaban J connectivity index is 1.68. The molecule has 2 heterocycles. The number of benzene rings is 1. The molecule has 2 aliphatic rings. The van der Waals surface area contributed by atoms with Gasteiger partial charge in [0.2, 0.25) is 0 Å². The number of rotatable bonds is 11. The van der Waals surface area contributed by atoms with Gasteiger partial charge in [0.25, 0.3) is 0 Å². The van der Waals surface area contributed by atoms with Crippen molar-refractivity contribution in [2.24, 2.45) is 11.8 Å². The first-order chi connectivity index (χ1) is 17.5. The first-order valence-electron chi connectivity index (χ1n) is 13.0. The molecule has 10 heteroatoms. The van der Waals surface area contributed by atoms with Crippen LogP contribution in [0.3, 0.4) is 0 Å². The highest BCUT2D eigenvalue weighted by Gasteiger charge is 2.36. The Labute approximate surface area is 219 Å². The minimum absolute atomic E-state index is 0.0210. The lowest BCUT2D eigenvalue weighted by Crippen LogP contribution is -2.53. The Morgan fingerprint density at radius 3 is 2.81 bits per heavy atom. The maximum atomic E-state index is 13.6. The number of likely N-dealkylation sites (N-methyl/N-ethyl adjacent to an activating group) is 1. The summed E-state index contributed by atoms with van der Waals surface area (Å²) in [4.78, 5) is 26.8. The third-order valence-electron chi connectivity index (χ3n) is 6.85. The standard InChI is InChI=1S/C26H41ClN4O5/c1-28-16-23(14-19-6-5-11-34-17-19)30-25(32)31-10-4-8-21(18-35-12-13-36-26(33)29-2)24(31)20-7-3-9-22(27)15-20/h3,7,9,15,19,21,23-24,28H,4-6,8,10-14,16-18H2,1-2H3,(H,29,33)(H,30,32)/t19-,21+,23-,24+/m1/s1. The second-order valence-electron chi connectivity index (χ2n) is 9.58. The van der Waals surface area contributed by atoms with Crippen molar-refractivity contribution < 1.29 is 23.8 Å². The van der Waals surface area contributed by atoms with E-state index >= 15 is 0 Å². The predicted molar refractivity (Wildman–Crippen MR) is 139 cm³/mol. The number of hydrogen-bond donors (Lipinski definition) is 3. The van der Waals surface area contributed by atoms with Gasteiger partial charge >= 0.3 is 12.1 Å². The number of nitrogens with one attached hydrogen (secondary N) is 3. The van der Waals surface area contributed by atoms with Crippen molar-refractivity contribution in [3.05, 3.63) is 34.9 Å². The smallest absolute Gasteiger partial charge is 0.406 e. The minimum Gasteiger partial charge on any atom is -0.447 e. The van der Waals surface area contributed by atoms with Crippen LogP contribution in [0.5, 0.6) is 0 Å². The average Bonchev–Trinajstić information content (AvgIpc) is 2.88. The molecule has 0 spiro atoms. The zero-order chi connectivity index (χ0) is 25.8. The van der Waals surface area contributed by atoms with E-state index in [1.807, 2.05) is 36.2 Å². The van der Waals surface area contributed by atoms with Crippen LogP contribution < -0.4 is 16.0 Å². The van der Waals surface area contributed by atoms with Crippen LogP contribution in [0.25, 0.3) is 0 Å². The SMILES string of the molecule is CNC[C@@H](C[C@H]1CCCOC1)NC(=O)N1CCC[C@@H](COCCOC(=O)NC)[C@@H]1c1cccc(Cl)c1. The molecule has 3 rings (SSSR count). The average molecular weight is 525 g/mol. The number of halogens is 1. The van der Waals surface area contributed by atoms with Crippen LogP contribution in [0, 0.1) is 11.8 Å². The number of carbonyl (C=O) groups is 2. The Bertz CT molecular complexity index is 823. The van der Waals surface area contributed by atoms with E-state index in [1.54, 1.807) is 0 Å². The fourth-order valence-corrected chi connectivity index (χ4v) is 5.41. The third kappa shape index (κ3) is 8.80. The van der Waals surface area contributed by atoms with Gasteiger partial charge < -0.3 is 35.1 Å². The molecule has 0 unspecified atom stereocenters. The Morgan fingerprint density at radius 2 is 2.08 bits per heavy atom. The molecule has 0 radical (unpaired) electrons. The molecule has 202 valence electrons. The summed E-state index contributed by atoms with van der Waals surface area (Å²) in [6, 6.07) is 7.51. The molecule has 0 aliphatic carbocycles. The van der Waals surface area contributed by atoms with Crippen molar-refractivity contribution in [3.8, 4) is 0 Å². The van der Waals surface area contributed by atoms with E-state index < -0.39 is 6.09 Å². The highest BCUT2D eigenvalue weighted by molar-refractivity contribution is 6.30. The summed E-state index contributed by atoms with van der Waals surface area (Å²) in [5.41, 5.74) is 0.999.